The molecule has 0 saturated carbocycles. The van der Waals surface area contributed by atoms with E-state index >= 15 is 0 Å². The minimum absolute atomic E-state index is 0.145. The summed E-state index contributed by atoms with van der Waals surface area (Å²) in [5, 5.41) is 12.7. The van der Waals surface area contributed by atoms with Crippen LogP contribution in [0.5, 0.6) is 5.75 Å². The number of benzene rings is 4. The molecule has 4 aromatic carbocycles. The van der Waals surface area contributed by atoms with Gasteiger partial charge in [0.1, 0.15) is 12.4 Å². The average Bonchev–Trinajstić information content (AvgIpc) is 2.94. The number of ether oxygens (including phenoxy) is 1. The highest BCUT2D eigenvalue weighted by Crippen LogP contribution is 2.27. The molecule has 5 nitrogen and oxygen atoms in total. The maximum Gasteiger partial charge on any atom is 0.335 e. The molecule has 4 rings (SSSR count). The van der Waals surface area contributed by atoms with Crippen molar-refractivity contribution in [3.8, 4) is 16.9 Å². The molecule has 0 aliphatic rings. The zero-order chi connectivity index (χ0) is 27.9. The molecule has 4 aromatic rings. The Morgan fingerprint density at radius 2 is 1.50 bits per heavy atom. The van der Waals surface area contributed by atoms with Crippen molar-refractivity contribution in [3.05, 3.63) is 119 Å². The number of carboxylic acids is 1. The Bertz CT molecular complexity index is 1300. The summed E-state index contributed by atoms with van der Waals surface area (Å²) in [5.41, 5.74) is 4.59. The van der Waals surface area contributed by atoms with E-state index < -0.39 is 5.97 Å². The lowest BCUT2D eigenvalue weighted by atomic mass is 9.98. The van der Waals surface area contributed by atoms with Crippen LogP contribution in [0.1, 0.15) is 48.7 Å². The number of aryl methyl sites for hydroxylation is 1. The molecule has 2 N–H and O–H groups in total. The molecular weight excluding hydrogens is 498 g/mol. The second-order valence-corrected chi connectivity index (χ2v) is 8.49. The summed E-state index contributed by atoms with van der Waals surface area (Å²) in [5.74, 6) is -0.325. The van der Waals surface area contributed by atoms with Crippen molar-refractivity contribution in [1.29, 1.82) is 0 Å². The zero-order valence-electron chi connectivity index (χ0n) is 22.2. The third kappa shape index (κ3) is 9.75. The third-order valence-corrected chi connectivity index (χ3v) is 5.55. The Hall–Kier alpha value is -4.09. The van der Waals surface area contributed by atoms with Crippen LogP contribution in [0.15, 0.2) is 97.1 Å². The second-order valence-electron chi connectivity index (χ2n) is 8.05. The third-order valence-electron chi connectivity index (χ3n) is 5.30. The summed E-state index contributed by atoms with van der Waals surface area (Å²) in [6.07, 6.45) is 0.344. The predicted molar refractivity (Wildman–Crippen MR) is 156 cm³/mol. The smallest absolute Gasteiger partial charge is 0.335 e. The van der Waals surface area contributed by atoms with Crippen LogP contribution in [-0.4, -0.2) is 17.0 Å². The Balaban J connectivity index is 0.000000262. The Morgan fingerprint density at radius 3 is 2.11 bits per heavy atom. The maximum absolute atomic E-state index is 11.5. The minimum atomic E-state index is -1.02. The van der Waals surface area contributed by atoms with E-state index in [1.165, 1.54) is 6.07 Å². The normalized spacial score (nSPS) is 9.71. The first-order valence-electron chi connectivity index (χ1n) is 12.5. The Morgan fingerprint density at radius 1 is 0.868 bits per heavy atom. The summed E-state index contributed by atoms with van der Waals surface area (Å²) in [7, 11) is 0. The van der Waals surface area contributed by atoms with Gasteiger partial charge in [-0.2, -0.15) is 0 Å². The number of hydrogen-bond acceptors (Lipinski definition) is 3. The van der Waals surface area contributed by atoms with Gasteiger partial charge in [-0.3, -0.25) is 4.79 Å². The number of aromatic carboxylic acids is 1. The van der Waals surface area contributed by atoms with E-state index in [1.54, 1.807) is 19.1 Å². The topological polar surface area (TPSA) is 75.6 Å². The molecule has 0 atom stereocenters. The fourth-order valence-electron chi connectivity index (χ4n) is 3.40. The van der Waals surface area contributed by atoms with Crippen molar-refractivity contribution < 1.29 is 19.4 Å². The van der Waals surface area contributed by atoms with Gasteiger partial charge in [-0.15, -0.1) is 0 Å². The van der Waals surface area contributed by atoms with Gasteiger partial charge in [-0.05, 0) is 71.6 Å². The molecule has 198 valence electrons. The fourth-order valence-corrected chi connectivity index (χ4v) is 3.52. The van der Waals surface area contributed by atoms with Crippen molar-refractivity contribution in [1.82, 2.24) is 0 Å². The molecule has 0 aliphatic heterocycles. The molecule has 0 saturated heterocycles. The van der Waals surface area contributed by atoms with Crippen molar-refractivity contribution >= 4 is 29.2 Å². The van der Waals surface area contributed by atoms with Gasteiger partial charge in [0.25, 0.3) is 0 Å². The number of carbonyl (C=O) groups is 2. The lowest BCUT2D eigenvalue weighted by Crippen LogP contribution is -2.10. The van der Waals surface area contributed by atoms with Crippen LogP contribution in [0, 0.1) is 6.92 Å². The van der Waals surface area contributed by atoms with E-state index in [0.717, 1.165) is 33.0 Å². The largest absolute Gasteiger partial charge is 0.489 e. The van der Waals surface area contributed by atoms with E-state index in [4.69, 9.17) is 16.3 Å². The van der Waals surface area contributed by atoms with E-state index in [-0.39, 0.29) is 11.5 Å². The molecule has 0 radical (unpaired) electrons. The number of carboxylic acid groups (broad SMARTS) is 1. The van der Waals surface area contributed by atoms with Crippen molar-refractivity contribution in [3.63, 3.8) is 0 Å². The first-order chi connectivity index (χ1) is 18.4. The predicted octanol–water partition coefficient (Wildman–Crippen LogP) is 8.65. The van der Waals surface area contributed by atoms with Crippen molar-refractivity contribution in [2.75, 3.05) is 5.32 Å². The lowest BCUT2D eigenvalue weighted by molar-refractivity contribution is -0.115. The molecule has 0 aromatic heterocycles. The minimum Gasteiger partial charge on any atom is -0.489 e. The summed E-state index contributed by atoms with van der Waals surface area (Å²) in [4.78, 5) is 22.8. The van der Waals surface area contributed by atoms with Crippen LogP contribution in [0.4, 0.5) is 5.69 Å². The number of anilines is 1. The van der Waals surface area contributed by atoms with Gasteiger partial charge in [-0.25, -0.2) is 4.79 Å². The zero-order valence-corrected chi connectivity index (χ0v) is 23.0. The molecular formula is C32H34ClNO4. The van der Waals surface area contributed by atoms with Gasteiger partial charge in [0.15, 0.2) is 0 Å². The molecule has 6 heteroatoms. The van der Waals surface area contributed by atoms with Crippen LogP contribution in [-0.2, 0) is 11.4 Å². The molecule has 38 heavy (non-hydrogen) atoms. The monoisotopic (exact) mass is 531 g/mol. The molecule has 0 aliphatic carbocycles. The van der Waals surface area contributed by atoms with Gasteiger partial charge in [0, 0.05) is 17.1 Å². The number of halogens is 1. The van der Waals surface area contributed by atoms with Crippen LogP contribution in [0.3, 0.4) is 0 Å². The number of hydrogen-bond donors (Lipinski definition) is 2. The highest BCUT2D eigenvalue weighted by molar-refractivity contribution is 6.30. The number of rotatable bonds is 7. The van der Waals surface area contributed by atoms with Crippen molar-refractivity contribution in [2.45, 2.75) is 40.7 Å². The summed E-state index contributed by atoms with van der Waals surface area (Å²) in [6, 6.07) is 30.1. The van der Waals surface area contributed by atoms with Gasteiger partial charge in [0.05, 0.1) is 5.56 Å². The Kier molecular flexibility index (Phi) is 12.6. The second kappa shape index (κ2) is 15.9. The molecule has 0 spiro atoms. The summed E-state index contributed by atoms with van der Waals surface area (Å²) < 4.78 is 5.59. The first kappa shape index (κ1) is 30.1. The van der Waals surface area contributed by atoms with Gasteiger partial charge < -0.3 is 15.2 Å². The quantitative estimate of drug-likeness (QED) is 0.250. The standard InChI is InChI=1S/C17H17NO3.C13H11ClO.C2H6/c1-3-16(19)18-14-9-12(8-13(10-14)17(20)21)15-7-5-4-6-11(15)2;14-12-6-8-13(9-7-12)15-10-11-4-2-1-3-5-11;1-2/h4-10H,3H2,1-2H3,(H,18,19)(H,20,21);1-9H,10H2;1-2H3. The molecule has 1 amide bonds. The van der Waals surface area contributed by atoms with E-state index in [9.17, 15) is 14.7 Å². The van der Waals surface area contributed by atoms with Crippen LogP contribution < -0.4 is 10.1 Å². The summed E-state index contributed by atoms with van der Waals surface area (Å²) in [6.45, 7) is 8.30. The fraction of sp³-hybridized carbons (Fsp3) is 0.188. The average molecular weight is 532 g/mol. The summed E-state index contributed by atoms with van der Waals surface area (Å²) >= 11 is 5.77. The Labute approximate surface area is 230 Å². The van der Waals surface area contributed by atoms with Gasteiger partial charge in [0.2, 0.25) is 5.91 Å². The molecule has 0 fully saturated rings. The van der Waals surface area contributed by atoms with Gasteiger partial charge >= 0.3 is 5.97 Å². The van der Waals surface area contributed by atoms with Gasteiger partial charge in [-0.1, -0.05) is 87.0 Å². The highest BCUT2D eigenvalue weighted by Gasteiger charge is 2.11. The highest BCUT2D eigenvalue weighted by atomic mass is 35.5. The first-order valence-corrected chi connectivity index (χ1v) is 12.9. The number of nitrogens with one attached hydrogen (secondary N) is 1. The van der Waals surface area contributed by atoms with Crippen LogP contribution >= 0.6 is 11.6 Å². The number of amides is 1. The number of carbonyl (C=O) groups excluding carboxylic acids is 1. The van der Waals surface area contributed by atoms with E-state index in [2.05, 4.69) is 5.32 Å². The van der Waals surface area contributed by atoms with Crippen LogP contribution in [0.25, 0.3) is 11.1 Å². The van der Waals surface area contributed by atoms with E-state index in [0.29, 0.717) is 18.7 Å². The molecule has 0 bridgehead atoms. The van der Waals surface area contributed by atoms with E-state index in [1.807, 2.05) is 99.6 Å². The maximum atomic E-state index is 11.5. The molecule has 0 heterocycles. The van der Waals surface area contributed by atoms with Crippen molar-refractivity contribution in [2.24, 2.45) is 0 Å². The lowest BCUT2D eigenvalue weighted by Gasteiger charge is -2.11. The van der Waals surface area contributed by atoms with Crippen LogP contribution in [0.2, 0.25) is 5.02 Å². The SMILES string of the molecule is CC.CCC(=O)Nc1cc(C(=O)O)cc(-c2ccccc2C)c1.Clc1ccc(OCc2ccccc2)cc1. The molecule has 0 unspecified atom stereocenters.